The number of ether oxygens (including phenoxy) is 3. The van der Waals surface area contributed by atoms with E-state index in [4.69, 9.17) is 42.7 Å². The van der Waals surface area contributed by atoms with Gasteiger partial charge in [0.15, 0.2) is 0 Å². The predicted molar refractivity (Wildman–Crippen MR) is 204 cm³/mol. The lowest BCUT2D eigenvalue weighted by Crippen LogP contribution is -2.53. The van der Waals surface area contributed by atoms with E-state index in [1.54, 1.807) is 24.3 Å². The summed E-state index contributed by atoms with van der Waals surface area (Å²) in [4.78, 5) is 26.3. The first kappa shape index (κ1) is 35.9. The van der Waals surface area contributed by atoms with E-state index in [2.05, 4.69) is 28.1 Å². The second kappa shape index (κ2) is 16.0. The van der Waals surface area contributed by atoms with Crippen molar-refractivity contribution in [2.45, 2.75) is 44.2 Å². The summed E-state index contributed by atoms with van der Waals surface area (Å²) < 4.78 is 17.4. The Balaban J connectivity index is 0.949. The van der Waals surface area contributed by atoms with Crippen LogP contribution in [0.15, 0.2) is 103 Å². The molecule has 0 aromatic heterocycles. The van der Waals surface area contributed by atoms with Crippen molar-refractivity contribution in [1.29, 1.82) is 5.26 Å². The quantitative estimate of drug-likeness (QED) is 0.125. The highest BCUT2D eigenvalue weighted by molar-refractivity contribution is 6.42. The minimum absolute atomic E-state index is 0.192. The molecule has 0 bridgehead atoms. The average Bonchev–Trinajstić information content (AvgIpc) is 3.20. The van der Waals surface area contributed by atoms with Crippen LogP contribution in [0, 0.1) is 11.3 Å². The maximum atomic E-state index is 13.5. The van der Waals surface area contributed by atoms with Gasteiger partial charge < -0.3 is 30.2 Å². The number of anilines is 1. The molecule has 1 amide bonds. The lowest BCUT2D eigenvalue weighted by Gasteiger charge is -2.32. The van der Waals surface area contributed by atoms with Gasteiger partial charge in [-0.1, -0.05) is 77.8 Å². The Morgan fingerprint density at radius 2 is 1.62 bits per heavy atom. The third-order valence-corrected chi connectivity index (χ3v) is 10.3. The van der Waals surface area contributed by atoms with Gasteiger partial charge in [0.05, 0.1) is 47.1 Å². The predicted octanol–water partition coefficient (Wildman–Crippen LogP) is 7.57. The molecule has 268 valence electrons. The number of carbonyl (C=O) groups is 2. The molecule has 0 saturated carbocycles. The highest BCUT2D eigenvalue weighted by Crippen LogP contribution is 2.38. The van der Waals surface area contributed by atoms with Crippen molar-refractivity contribution in [3.63, 3.8) is 0 Å². The third kappa shape index (κ3) is 8.42. The molecule has 2 heterocycles. The molecule has 2 aliphatic heterocycles. The van der Waals surface area contributed by atoms with E-state index in [0.29, 0.717) is 41.7 Å². The number of nitrogens with zero attached hydrogens (tertiary/aromatic N) is 1. The van der Waals surface area contributed by atoms with Gasteiger partial charge in [0.25, 0.3) is 0 Å². The van der Waals surface area contributed by atoms with Crippen molar-refractivity contribution in [3.8, 4) is 28.7 Å². The first-order valence-electron chi connectivity index (χ1n) is 17.2. The molecule has 0 saturated heterocycles. The third-order valence-electron chi connectivity index (χ3n) is 9.51. The number of hydrogen-bond acceptors (Lipinski definition) is 8. The summed E-state index contributed by atoms with van der Waals surface area (Å²) in [6, 6.07) is 33.2. The van der Waals surface area contributed by atoms with Crippen LogP contribution in [0.25, 0.3) is 11.1 Å². The number of amides is 1. The Morgan fingerprint density at radius 1 is 0.906 bits per heavy atom. The lowest BCUT2D eigenvalue weighted by molar-refractivity contribution is -0.145. The zero-order valence-electron chi connectivity index (χ0n) is 28.8. The number of nitrogens with one attached hydrogen (secondary N) is 3. The molecule has 5 aromatic rings. The molecule has 3 N–H and O–H groups in total. The SMILES string of the molecule is COC(=O)C(Cc1ccc(-c2ccc(C#N)cc2)cc1)NC(=O)C1Cc2cc3c(cc2CN1)OC(c1ccc(OCc2ccc(Cl)c(Cl)c2)cc1)CN3. The smallest absolute Gasteiger partial charge is 0.328 e. The maximum Gasteiger partial charge on any atom is 0.328 e. The van der Waals surface area contributed by atoms with E-state index >= 15 is 0 Å². The molecule has 5 aromatic carbocycles. The molecule has 7 rings (SSSR count). The number of fused-ring (bicyclic) bond motifs is 2. The molecule has 0 fully saturated rings. The van der Waals surface area contributed by atoms with E-state index < -0.39 is 18.1 Å². The van der Waals surface area contributed by atoms with E-state index in [1.165, 1.54) is 7.11 Å². The largest absolute Gasteiger partial charge is 0.489 e. The molecule has 9 nitrogen and oxygen atoms in total. The Hall–Kier alpha value is -5.53. The minimum atomic E-state index is -0.852. The van der Waals surface area contributed by atoms with Crippen LogP contribution in [0.4, 0.5) is 5.69 Å². The van der Waals surface area contributed by atoms with Crippen LogP contribution >= 0.6 is 23.2 Å². The van der Waals surface area contributed by atoms with Gasteiger partial charge in [-0.2, -0.15) is 5.26 Å². The second-order valence-electron chi connectivity index (χ2n) is 13.0. The van der Waals surface area contributed by atoms with Crippen molar-refractivity contribution in [2.24, 2.45) is 0 Å². The number of methoxy groups -OCH3 is 1. The van der Waals surface area contributed by atoms with Gasteiger partial charge in [0, 0.05) is 13.0 Å². The summed E-state index contributed by atoms with van der Waals surface area (Å²) in [6.45, 7) is 1.42. The van der Waals surface area contributed by atoms with Crippen LogP contribution in [-0.2, 0) is 40.3 Å². The summed E-state index contributed by atoms with van der Waals surface area (Å²) >= 11 is 12.1. The first-order valence-corrected chi connectivity index (χ1v) is 18.0. The Kier molecular flexibility index (Phi) is 10.8. The van der Waals surface area contributed by atoms with Crippen LogP contribution in [0.2, 0.25) is 10.0 Å². The molecule has 0 radical (unpaired) electrons. The van der Waals surface area contributed by atoms with Crippen molar-refractivity contribution in [1.82, 2.24) is 10.6 Å². The summed E-state index contributed by atoms with van der Waals surface area (Å²) in [5.41, 5.74) is 8.34. The summed E-state index contributed by atoms with van der Waals surface area (Å²) in [7, 11) is 1.32. The molecule has 2 aliphatic rings. The first-order chi connectivity index (χ1) is 25.8. The van der Waals surface area contributed by atoms with Gasteiger partial charge in [-0.3, -0.25) is 4.79 Å². The van der Waals surface area contributed by atoms with Crippen molar-refractivity contribution in [2.75, 3.05) is 19.0 Å². The van der Waals surface area contributed by atoms with Gasteiger partial charge >= 0.3 is 5.97 Å². The topological polar surface area (TPSA) is 122 Å². The van der Waals surface area contributed by atoms with Crippen LogP contribution < -0.4 is 25.4 Å². The molecule has 3 atom stereocenters. The number of hydrogen-bond donors (Lipinski definition) is 3. The molecule has 3 unspecified atom stereocenters. The highest BCUT2D eigenvalue weighted by Gasteiger charge is 2.31. The molecular formula is C42H36Cl2N4O5. The number of halogens is 2. The van der Waals surface area contributed by atoms with E-state index in [-0.39, 0.29) is 18.4 Å². The molecule has 0 aliphatic carbocycles. The minimum Gasteiger partial charge on any atom is -0.489 e. The number of nitriles is 1. The van der Waals surface area contributed by atoms with Crippen LogP contribution in [0.1, 0.15) is 39.5 Å². The Labute approximate surface area is 317 Å². The zero-order chi connectivity index (χ0) is 36.9. The van der Waals surface area contributed by atoms with Crippen LogP contribution in [0.5, 0.6) is 11.5 Å². The Morgan fingerprint density at radius 3 is 2.32 bits per heavy atom. The second-order valence-corrected chi connectivity index (χ2v) is 13.8. The zero-order valence-corrected chi connectivity index (χ0v) is 30.3. The highest BCUT2D eigenvalue weighted by atomic mass is 35.5. The fourth-order valence-corrected chi connectivity index (χ4v) is 6.86. The monoisotopic (exact) mass is 746 g/mol. The Bertz CT molecular complexity index is 2170. The summed E-state index contributed by atoms with van der Waals surface area (Å²) in [5.74, 6) is 0.698. The summed E-state index contributed by atoms with van der Waals surface area (Å²) in [5, 5.41) is 19.8. The normalized spacial score (nSPS) is 16.4. The maximum absolute atomic E-state index is 13.5. The van der Waals surface area contributed by atoms with Crippen molar-refractivity contribution >= 4 is 40.8 Å². The number of rotatable bonds is 10. The number of benzene rings is 5. The fraction of sp³-hybridized carbons (Fsp3) is 0.214. The fourth-order valence-electron chi connectivity index (χ4n) is 6.54. The van der Waals surface area contributed by atoms with Crippen molar-refractivity contribution < 1.29 is 23.8 Å². The summed E-state index contributed by atoms with van der Waals surface area (Å²) in [6.07, 6.45) is 0.540. The molecule has 11 heteroatoms. The molecule has 53 heavy (non-hydrogen) atoms. The van der Waals surface area contributed by atoms with Crippen LogP contribution in [0.3, 0.4) is 0 Å². The number of esters is 1. The standard InChI is InChI=1S/C42H36Cl2N4O5/c1-51-42(50)38(17-25-2-7-28(8-3-25)29-9-4-26(21-45)5-10-29)48-41(49)37-19-31-18-36-39(20-32(31)22-46-37)53-40(23-47-36)30-11-13-33(14-12-30)52-24-27-6-15-34(43)35(44)16-27/h2-16,18,20,37-38,40,46-47H,17,19,22-24H2,1H3,(H,48,49). The van der Waals surface area contributed by atoms with Crippen molar-refractivity contribution in [3.05, 3.63) is 147 Å². The van der Waals surface area contributed by atoms with E-state index in [0.717, 1.165) is 56.1 Å². The molecular weight excluding hydrogens is 711 g/mol. The van der Waals surface area contributed by atoms with Gasteiger partial charge in [-0.05, 0) is 93.9 Å². The van der Waals surface area contributed by atoms with Crippen LogP contribution in [-0.4, -0.2) is 37.6 Å². The average molecular weight is 748 g/mol. The molecule has 0 spiro atoms. The van der Waals surface area contributed by atoms with Gasteiger partial charge in [0.2, 0.25) is 5.91 Å². The van der Waals surface area contributed by atoms with E-state index in [1.807, 2.05) is 72.8 Å². The lowest BCUT2D eigenvalue weighted by atomic mass is 9.93. The van der Waals surface area contributed by atoms with Gasteiger partial charge in [-0.25, -0.2) is 4.79 Å². The number of carbonyl (C=O) groups excluding carboxylic acids is 2. The van der Waals surface area contributed by atoms with E-state index in [9.17, 15) is 9.59 Å². The van der Waals surface area contributed by atoms with Gasteiger partial charge in [-0.15, -0.1) is 0 Å². The van der Waals surface area contributed by atoms with Gasteiger partial charge in [0.1, 0.15) is 30.3 Å².